The molecule has 0 saturated heterocycles. The molecule has 0 atom stereocenters. The van der Waals surface area contributed by atoms with Gasteiger partial charge >= 0.3 is 31.4 Å². The molecule has 1 aliphatic rings. The second-order valence-corrected chi connectivity index (χ2v) is 9.95. The lowest BCUT2D eigenvalue weighted by atomic mass is 10.1. The van der Waals surface area contributed by atoms with E-state index in [2.05, 4.69) is 9.13 Å². The SMILES string of the molecule is CN(/C(=N\S(=O)(=O)C(F)(F)C(F)(F)OC(F)(F)C(F)(F)I)C1CCCC1)c1ccccc1. The number of nitrogens with zero attached hydrogens (tertiary/aromatic N) is 2. The molecular formula is C17H17F8IN2O3S. The van der Waals surface area contributed by atoms with E-state index in [1.165, 1.54) is 31.3 Å². The quantitative estimate of drug-likeness (QED) is 0.122. The predicted molar refractivity (Wildman–Crippen MR) is 108 cm³/mol. The van der Waals surface area contributed by atoms with Crippen LogP contribution in [-0.4, -0.2) is 42.7 Å². The van der Waals surface area contributed by atoms with Crippen molar-refractivity contribution in [2.75, 3.05) is 11.9 Å². The fourth-order valence-corrected chi connectivity index (χ4v) is 4.07. The van der Waals surface area contributed by atoms with E-state index in [1.54, 1.807) is 6.07 Å². The Morgan fingerprint density at radius 2 is 1.50 bits per heavy atom. The van der Waals surface area contributed by atoms with Gasteiger partial charge in [0.15, 0.2) is 0 Å². The number of para-hydroxylation sites is 1. The Bertz CT molecular complexity index is 933. The molecule has 1 aromatic carbocycles. The number of anilines is 1. The van der Waals surface area contributed by atoms with Crippen molar-refractivity contribution in [3.63, 3.8) is 0 Å². The highest BCUT2D eigenvalue weighted by Gasteiger charge is 2.74. The number of amidine groups is 1. The molecule has 0 aromatic heterocycles. The fraction of sp³-hybridized carbons (Fsp3) is 0.588. The highest BCUT2D eigenvalue weighted by molar-refractivity contribution is 14.1. The number of rotatable bonds is 8. The first-order valence-electron chi connectivity index (χ1n) is 8.96. The summed E-state index contributed by atoms with van der Waals surface area (Å²) in [7, 11) is -5.30. The van der Waals surface area contributed by atoms with Crippen LogP contribution in [0.25, 0.3) is 0 Å². The Labute approximate surface area is 192 Å². The first-order valence-corrected chi connectivity index (χ1v) is 11.5. The molecule has 2 rings (SSSR count). The van der Waals surface area contributed by atoms with Gasteiger partial charge in [-0.25, -0.2) is 4.74 Å². The summed E-state index contributed by atoms with van der Waals surface area (Å²) in [4.78, 5) is 1.09. The second-order valence-electron chi connectivity index (χ2n) is 6.95. The Hall–Kier alpha value is -1.23. The number of sulfonamides is 1. The normalized spacial score (nSPS) is 17.6. The molecule has 0 heterocycles. The molecule has 5 nitrogen and oxygen atoms in total. The number of alkyl halides is 9. The van der Waals surface area contributed by atoms with E-state index < -0.39 is 43.2 Å². The van der Waals surface area contributed by atoms with Crippen LogP contribution in [0.2, 0.25) is 0 Å². The summed E-state index contributed by atoms with van der Waals surface area (Å²) < 4.78 is 132. The van der Waals surface area contributed by atoms with Crippen LogP contribution in [0.4, 0.5) is 40.8 Å². The minimum atomic E-state index is -6.57. The zero-order valence-corrected chi connectivity index (χ0v) is 19.2. The number of halogens is 9. The van der Waals surface area contributed by atoms with Crippen LogP contribution < -0.4 is 4.90 Å². The van der Waals surface area contributed by atoms with Crippen LogP contribution in [0.15, 0.2) is 34.7 Å². The van der Waals surface area contributed by atoms with E-state index in [9.17, 15) is 43.5 Å². The van der Waals surface area contributed by atoms with Gasteiger partial charge in [-0.1, -0.05) is 31.0 Å². The average Bonchev–Trinajstić information content (AvgIpc) is 3.18. The van der Waals surface area contributed by atoms with Gasteiger partial charge < -0.3 is 4.90 Å². The number of hydrogen-bond donors (Lipinski definition) is 0. The summed E-state index contributed by atoms with van der Waals surface area (Å²) in [5, 5.41) is -6.38. The van der Waals surface area contributed by atoms with Crippen molar-refractivity contribution < 1.29 is 48.3 Å². The van der Waals surface area contributed by atoms with Crippen molar-refractivity contribution >= 4 is 44.1 Å². The molecule has 0 amide bonds. The van der Waals surface area contributed by atoms with E-state index in [4.69, 9.17) is 0 Å². The molecule has 182 valence electrons. The maximum Gasteiger partial charge on any atom is 0.455 e. The summed E-state index contributed by atoms with van der Waals surface area (Å²) in [6, 6.07) is 7.62. The maximum atomic E-state index is 14.2. The van der Waals surface area contributed by atoms with Gasteiger partial charge in [-0.3, -0.25) is 0 Å². The van der Waals surface area contributed by atoms with Gasteiger partial charge in [0.2, 0.25) is 0 Å². The van der Waals surface area contributed by atoms with Gasteiger partial charge in [-0.15, -0.1) is 4.40 Å². The third-order valence-electron chi connectivity index (χ3n) is 4.67. The lowest BCUT2D eigenvalue weighted by Gasteiger charge is -2.30. The lowest BCUT2D eigenvalue weighted by Crippen LogP contribution is -2.54. The van der Waals surface area contributed by atoms with Crippen LogP contribution >= 0.6 is 22.6 Å². The van der Waals surface area contributed by atoms with Crippen molar-refractivity contribution in [3.8, 4) is 0 Å². The summed E-state index contributed by atoms with van der Waals surface area (Å²) >= 11 is -0.301. The molecule has 15 heteroatoms. The smallest absolute Gasteiger partial charge is 0.332 e. The Morgan fingerprint density at radius 1 is 1.00 bits per heavy atom. The first-order chi connectivity index (χ1) is 14.4. The van der Waals surface area contributed by atoms with E-state index in [-0.39, 0.29) is 28.3 Å². The van der Waals surface area contributed by atoms with Gasteiger partial charge in [0.25, 0.3) is 0 Å². The minimum Gasteiger partial charge on any atom is -0.332 e. The molecule has 0 radical (unpaired) electrons. The number of ether oxygens (including phenoxy) is 1. The van der Waals surface area contributed by atoms with E-state index in [1.807, 2.05) is 0 Å². The standard InChI is InChI=1S/C17H17F8IN2O3S/c1-28(12-9-3-2-4-10-12)13(11-7-5-6-8-11)27-32(29,30)17(24,25)16(22,23)31-15(20,21)14(18,19)26/h2-4,9-11H,5-8H2,1H3/b27-13-. The molecule has 1 aliphatic carbocycles. The molecule has 0 bridgehead atoms. The molecule has 1 saturated carbocycles. The number of benzene rings is 1. The Balaban J connectivity index is 2.50. The number of hydrogen-bond acceptors (Lipinski definition) is 3. The van der Waals surface area contributed by atoms with Gasteiger partial charge in [-0.2, -0.15) is 43.5 Å². The van der Waals surface area contributed by atoms with Crippen molar-refractivity contribution in [2.45, 2.75) is 47.1 Å². The lowest BCUT2D eigenvalue weighted by molar-refractivity contribution is -0.438. The molecule has 1 aromatic rings. The fourth-order valence-electron chi connectivity index (χ4n) is 2.99. The highest BCUT2D eigenvalue weighted by atomic mass is 127. The topological polar surface area (TPSA) is 59.0 Å². The van der Waals surface area contributed by atoms with Crippen LogP contribution in [0.1, 0.15) is 25.7 Å². The van der Waals surface area contributed by atoms with E-state index >= 15 is 0 Å². The minimum absolute atomic E-state index is 0.288. The van der Waals surface area contributed by atoms with Crippen LogP contribution in [0, 0.1) is 5.92 Å². The maximum absolute atomic E-state index is 14.2. The third kappa shape index (κ3) is 5.46. The van der Waals surface area contributed by atoms with Crippen molar-refractivity contribution in [3.05, 3.63) is 30.3 Å². The highest BCUT2D eigenvalue weighted by Crippen LogP contribution is 2.49. The molecule has 0 aliphatic heterocycles. The van der Waals surface area contributed by atoms with Crippen molar-refractivity contribution in [1.82, 2.24) is 0 Å². The van der Waals surface area contributed by atoms with Crippen LogP contribution in [0.5, 0.6) is 0 Å². The molecule has 32 heavy (non-hydrogen) atoms. The molecule has 0 spiro atoms. The van der Waals surface area contributed by atoms with Gasteiger partial charge in [0, 0.05) is 41.2 Å². The van der Waals surface area contributed by atoms with Gasteiger partial charge in [0.05, 0.1) is 0 Å². The zero-order valence-electron chi connectivity index (χ0n) is 16.2. The molecule has 1 fully saturated rings. The average molecular weight is 608 g/mol. The van der Waals surface area contributed by atoms with Crippen LogP contribution in [0.3, 0.4) is 0 Å². The van der Waals surface area contributed by atoms with E-state index in [0.717, 1.165) is 4.90 Å². The Morgan fingerprint density at radius 3 is 1.97 bits per heavy atom. The van der Waals surface area contributed by atoms with Crippen molar-refractivity contribution in [1.29, 1.82) is 0 Å². The zero-order chi connectivity index (χ0) is 24.6. The van der Waals surface area contributed by atoms with Crippen molar-refractivity contribution in [2.24, 2.45) is 10.3 Å². The second kappa shape index (κ2) is 9.19. The predicted octanol–water partition coefficient (Wildman–Crippen LogP) is 5.86. The first kappa shape index (κ1) is 27.0. The van der Waals surface area contributed by atoms with Gasteiger partial charge in [0.1, 0.15) is 5.84 Å². The van der Waals surface area contributed by atoms with E-state index in [0.29, 0.717) is 25.7 Å². The van der Waals surface area contributed by atoms with Gasteiger partial charge in [-0.05, 0) is 25.0 Å². The summed E-state index contributed by atoms with van der Waals surface area (Å²) in [6.07, 6.45) is -10.8. The molecule has 0 unspecified atom stereocenters. The summed E-state index contributed by atoms with van der Waals surface area (Å²) in [5.74, 6) is -1.23. The third-order valence-corrected chi connectivity index (χ3v) is 6.61. The summed E-state index contributed by atoms with van der Waals surface area (Å²) in [5.41, 5.74) is 0.288. The molecule has 0 N–H and O–H groups in total. The summed E-state index contributed by atoms with van der Waals surface area (Å²) in [6.45, 7) is 0. The van der Waals surface area contributed by atoms with Crippen LogP contribution in [-0.2, 0) is 14.8 Å². The largest absolute Gasteiger partial charge is 0.455 e. The Kier molecular flexibility index (Phi) is 7.76. The monoisotopic (exact) mass is 608 g/mol. The molecular weight excluding hydrogens is 591 g/mol.